The molecule has 3 heterocycles. The van der Waals surface area contributed by atoms with Crippen molar-refractivity contribution in [3.8, 4) is 17.6 Å². The van der Waals surface area contributed by atoms with Crippen LogP contribution in [0.5, 0.6) is 11.5 Å². The van der Waals surface area contributed by atoms with Crippen molar-refractivity contribution in [1.29, 1.82) is 5.26 Å². The highest BCUT2D eigenvalue weighted by Gasteiger charge is 2.15. The third-order valence-electron chi connectivity index (χ3n) is 3.96. The van der Waals surface area contributed by atoms with Gasteiger partial charge < -0.3 is 14.8 Å². The number of carbonyl (C=O) groups is 1. The number of pyridine rings is 1. The van der Waals surface area contributed by atoms with E-state index in [1.54, 1.807) is 28.8 Å². The molecule has 134 valence electrons. The van der Waals surface area contributed by atoms with Gasteiger partial charge >= 0.3 is 0 Å². The number of carbonyl (C=O) groups excluding carboxylic acids is 1. The van der Waals surface area contributed by atoms with E-state index in [-0.39, 0.29) is 5.57 Å². The molecule has 0 aliphatic carbocycles. The summed E-state index contributed by atoms with van der Waals surface area (Å²) in [7, 11) is 0. The van der Waals surface area contributed by atoms with Crippen LogP contribution in [0.3, 0.4) is 0 Å². The lowest BCUT2D eigenvalue weighted by molar-refractivity contribution is -0.112. The second-order valence-corrected chi connectivity index (χ2v) is 6.66. The average molecular weight is 425 g/mol. The van der Waals surface area contributed by atoms with Gasteiger partial charge in [0.1, 0.15) is 30.5 Å². The van der Waals surface area contributed by atoms with Gasteiger partial charge in [0.25, 0.3) is 5.91 Å². The van der Waals surface area contributed by atoms with Crippen LogP contribution in [-0.4, -0.2) is 28.5 Å². The van der Waals surface area contributed by atoms with E-state index >= 15 is 0 Å². The second kappa shape index (κ2) is 7.13. The van der Waals surface area contributed by atoms with Gasteiger partial charge in [-0.15, -0.1) is 0 Å². The number of anilines is 1. The Morgan fingerprint density at radius 2 is 2.07 bits per heavy atom. The minimum absolute atomic E-state index is 0.0355. The third-order valence-corrected chi connectivity index (χ3v) is 4.42. The van der Waals surface area contributed by atoms with Crippen LogP contribution in [0.2, 0.25) is 0 Å². The van der Waals surface area contributed by atoms with E-state index in [0.717, 1.165) is 4.47 Å². The van der Waals surface area contributed by atoms with Crippen molar-refractivity contribution < 1.29 is 14.3 Å². The van der Waals surface area contributed by atoms with Gasteiger partial charge in [0.05, 0.1) is 11.9 Å². The van der Waals surface area contributed by atoms with Crippen molar-refractivity contribution in [1.82, 2.24) is 9.38 Å². The number of hydrogen-bond acceptors (Lipinski definition) is 5. The summed E-state index contributed by atoms with van der Waals surface area (Å²) in [6.07, 6.45) is 4.93. The number of aromatic nitrogens is 2. The summed E-state index contributed by atoms with van der Waals surface area (Å²) in [5, 5.41) is 12.1. The first kappa shape index (κ1) is 17.1. The minimum Gasteiger partial charge on any atom is -0.486 e. The molecule has 27 heavy (non-hydrogen) atoms. The molecule has 0 bridgehead atoms. The van der Waals surface area contributed by atoms with E-state index in [1.165, 1.54) is 6.08 Å². The van der Waals surface area contributed by atoms with Crippen LogP contribution in [-0.2, 0) is 4.79 Å². The van der Waals surface area contributed by atoms with E-state index in [0.29, 0.717) is 41.7 Å². The van der Waals surface area contributed by atoms with Crippen LogP contribution in [0.4, 0.5) is 5.69 Å². The van der Waals surface area contributed by atoms with E-state index in [9.17, 15) is 10.1 Å². The summed E-state index contributed by atoms with van der Waals surface area (Å²) < 4.78 is 13.6. The maximum atomic E-state index is 12.5. The maximum absolute atomic E-state index is 12.5. The molecule has 7 nitrogen and oxygen atoms in total. The normalized spacial score (nSPS) is 13.3. The number of rotatable bonds is 3. The Labute approximate surface area is 163 Å². The fourth-order valence-electron chi connectivity index (χ4n) is 2.70. The summed E-state index contributed by atoms with van der Waals surface area (Å²) in [6, 6.07) is 10.7. The number of amides is 1. The Morgan fingerprint density at radius 3 is 2.89 bits per heavy atom. The summed E-state index contributed by atoms with van der Waals surface area (Å²) >= 11 is 3.40. The highest BCUT2D eigenvalue weighted by Crippen LogP contribution is 2.32. The largest absolute Gasteiger partial charge is 0.486 e. The molecule has 0 atom stereocenters. The molecule has 2 aromatic heterocycles. The van der Waals surface area contributed by atoms with Crippen LogP contribution in [0.15, 0.2) is 52.8 Å². The van der Waals surface area contributed by atoms with Crippen molar-refractivity contribution >= 4 is 39.2 Å². The first-order valence-electron chi connectivity index (χ1n) is 8.09. The topological polar surface area (TPSA) is 88.7 Å². The third kappa shape index (κ3) is 3.50. The lowest BCUT2D eigenvalue weighted by atomic mass is 10.2. The van der Waals surface area contributed by atoms with E-state index in [4.69, 9.17) is 9.47 Å². The quantitative estimate of drug-likeness (QED) is 0.513. The molecule has 1 amide bonds. The van der Waals surface area contributed by atoms with Crippen LogP contribution < -0.4 is 14.8 Å². The number of benzene rings is 1. The van der Waals surface area contributed by atoms with Crippen molar-refractivity contribution in [3.05, 3.63) is 58.5 Å². The molecule has 0 spiro atoms. The second-order valence-electron chi connectivity index (χ2n) is 5.74. The predicted octanol–water partition coefficient (Wildman–Crippen LogP) is 3.41. The number of fused-ring (bicyclic) bond motifs is 2. The molecule has 3 aromatic rings. The number of nitrogens with zero attached hydrogens (tertiary/aromatic N) is 3. The maximum Gasteiger partial charge on any atom is 0.266 e. The monoisotopic (exact) mass is 424 g/mol. The number of nitriles is 1. The van der Waals surface area contributed by atoms with E-state index < -0.39 is 5.91 Å². The summed E-state index contributed by atoms with van der Waals surface area (Å²) in [5.41, 5.74) is 1.83. The molecular weight excluding hydrogens is 412 g/mol. The zero-order chi connectivity index (χ0) is 18.8. The van der Waals surface area contributed by atoms with Gasteiger partial charge in [0, 0.05) is 22.4 Å². The molecule has 0 saturated heterocycles. The molecular formula is C19H13BrN4O3. The number of hydrogen-bond donors (Lipinski definition) is 1. The van der Waals surface area contributed by atoms with Crippen LogP contribution in [0, 0.1) is 11.3 Å². The molecule has 1 aromatic carbocycles. The Kier molecular flexibility index (Phi) is 4.52. The lowest BCUT2D eigenvalue weighted by Gasteiger charge is -2.18. The number of imidazole rings is 1. The minimum atomic E-state index is -0.515. The van der Waals surface area contributed by atoms with Crippen molar-refractivity contribution in [2.45, 2.75) is 0 Å². The van der Waals surface area contributed by atoms with Crippen LogP contribution >= 0.6 is 15.9 Å². The Balaban J connectivity index is 1.60. The smallest absolute Gasteiger partial charge is 0.266 e. The number of halogens is 1. The van der Waals surface area contributed by atoms with Crippen molar-refractivity contribution in [2.75, 3.05) is 18.5 Å². The van der Waals surface area contributed by atoms with Gasteiger partial charge in [-0.2, -0.15) is 5.26 Å². The first-order chi connectivity index (χ1) is 13.1. The van der Waals surface area contributed by atoms with Gasteiger partial charge in [0.2, 0.25) is 0 Å². The van der Waals surface area contributed by atoms with Gasteiger partial charge in [0.15, 0.2) is 11.5 Å². The summed E-state index contributed by atoms with van der Waals surface area (Å²) in [5.74, 6) is 0.680. The first-order valence-corrected chi connectivity index (χ1v) is 8.89. The zero-order valence-corrected chi connectivity index (χ0v) is 15.6. The molecule has 4 rings (SSSR count). The summed E-state index contributed by atoms with van der Waals surface area (Å²) in [6.45, 7) is 0.951. The van der Waals surface area contributed by atoms with E-state index in [1.807, 2.05) is 24.4 Å². The highest BCUT2D eigenvalue weighted by molar-refractivity contribution is 9.10. The molecule has 1 aliphatic rings. The fourth-order valence-corrected chi connectivity index (χ4v) is 3.03. The number of nitrogens with one attached hydrogen (secondary N) is 1. The Bertz CT molecular complexity index is 1110. The SMILES string of the molecule is N#CC(=Cc1cnc2ccc(Br)cn12)C(=O)Nc1ccc2c(c1)OCCO2. The number of ether oxygens (including phenoxy) is 2. The van der Waals surface area contributed by atoms with Crippen molar-refractivity contribution in [2.24, 2.45) is 0 Å². The van der Waals surface area contributed by atoms with E-state index in [2.05, 4.69) is 26.2 Å². The highest BCUT2D eigenvalue weighted by atomic mass is 79.9. The molecule has 1 N–H and O–H groups in total. The fraction of sp³-hybridized carbons (Fsp3) is 0.105. The Morgan fingerprint density at radius 1 is 1.26 bits per heavy atom. The molecule has 0 radical (unpaired) electrons. The molecule has 0 fully saturated rings. The average Bonchev–Trinajstić information content (AvgIpc) is 3.07. The molecule has 0 unspecified atom stereocenters. The van der Waals surface area contributed by atoms with Gasteiger partial charge in [-0.05, 0) is 46.3 Å². The molecule has 0 saturated carbocycles. The van der Waals surface area contributed by atoms with Crippen LogP contribution in [0.1, 0.15) is 5.69 Å². The van der Waals surface area contributed by atoms with Gasteiger partial charge in [-0.1, -0.05) is 0 Å². The molecule has 1 aliphatic heterocycles. The summed E-state index contributed by atoms with van der Waals surface area (Å²) in [4.78, 5) is 16.8. The standard InChI is InChI=1S/C19H13BrN4O3/c20-13-1-4-18-22-10-15(24(18)11-13)7-12(9-21)19(25)23-14-2-3-16-17(8-14)27-6-5-26-16/h1-4,7-8,10-11H,5-6H2,(H,23,25). The lowest BCUT2D eigenvalue weighted by Crippen LogP contribution is -2.17. The van der Waals surface area contributed by atoms with Gasteiger partial charge in [-0.3, -0.25) is 9.20 Å². The van der Waals surface area contributed by atoms with Crippen LogP contribution in [0.25, 0.3) is 11.7 Å². The zero-order valence-electron chi connectivity index (χ0n) is 14.0. The van der Waals surface area contributed by atoms with Gasteiger partial charge in [-0.25, -0.2) is 4.98 Å². The van der Waals surface area contributed by atoms with Crippen molar-refractivity contribution in [3.63, 3.8) is 0 Å². The predicted molar refractivity (Wildman–Crippen MR) is 103 cm³/mol. The molecule has 8 heteroatoms. The Hall–Kier alpha value is -3.31.